The van der Waals surface area contributed by atoms with E-state index < -0.39 is 17.5 Å². The summed E-state index contributed by atoms with van der Waals surface area (Å²) in [6.07, 6.45) is 9.32. The van der Waals surface area contributed by atoms with Gasteiger partial charge < -0.3 is 24.6 Å². The zero-order chi connectivity index (χ0) is 26.6. The standard InChI is InChI=1S/C28H27N5O5/c1-32(2)24-9-6-17(13-29-24)16-5-8-22-19(10-16)11-23(38-22)28(26(35)30-27(36)31-28)15-33-14-18-4-7-20(37-3)12-21(18)25(33)34/h4-13,19,22H,14-15H2,1-3H3,(H2,30,31,35,36). The van der Waals surface area contributed by atoms with Crippen LogP contribution in [0.3, 0.4) is 0 Å². The summed E-state index contributed by atoms with van der Waals surface area (Å²) in [6, 6.07) is 8.66. The van der Waals surface area contributed by atoms with E-state index in [4.69, 9.17) is 9.47 Å². The monoisotopic (exact) mass is 513 g/mol. The molecule has 4 aliphatic rings. The number of anilines is 1. The first-order valence-electron chi connectivity index (χ1n) is 12.3. The number of hydrogen-bond donors (Lipinski definition) is 2. The van der Waals surface area contributed by atoms with Crippen LogP contribution in [0.5, 0.6) is 5.75 Å². The largest absolute Gasteiger partial charge is 0.497 e. The van der Waals surface area contributed by atoms with Crippen LogP contribution in [0, 0.1) is 5.92 Å². The number of aromatic nitrogens is 1. The van der Waals surface area contributed by atoms with Crippen molar-refractivity contribution >= 4 is 29.2 Å². The van der Waals surface area contributed by atoms with Gasteiger partial charge in [0.1, 0.15) is 23.4 Å². The van der Waals surface area contributed by atoms with Crippen LogP contribution >= 0.6 is 0 Å². The number of nitrogens with zero attached hydrogens (tertiary/aromatic N) is 3. The third-order valence-electron chi connectivity index (χ3n) is 7.35. The van der Waals surface area contributed by atoms with Gasteiger partial charge in [-0.3, -0.25) is 14.9 Å². The number of pyridine rings is 1. The summed E-state index contributed by atoms with van der Waals surface area (Å²) in [5.41, 5.74) is 1.76. The van der Waals surface area contributed by atoms with Crippen molar-refractivity contribution in [3.8, 4) is 5.75 Å². The van der Waals surface area contributed by atoms with Crippen LogP contribution in [0.2, 0.25) is 0 Å². The van der Waals surface area contributed by atoms with Crippen LogP contribution in [0.25, 0.3) is 5.57 Å². The Hall–Kier alpha value is -4.60. The van der Waals surface area contributed by atoms with E-state index in [9.17, 15) is 14.4 Å². The lowest BCUT2D eigenvalue weighted by molar-refractivity contribution is -0.124. The van der Waals surface area contributed by atoms with Gasteiger partial charge in [-0.2, -0.15) is 0 Å². The van der Waals surface area contributed by atoms with Crippen LogP contribution < -0.4 is 20.3 Å². The number of methoxy groups -OCH3 is 1. The van der Waals surface area contributed by atoms with Gasteiger partial charge in [0.05, 0.1) is 13.7 Å². The van der Waals surface area contributed by atoms with E-state index in [2.05, 4.69) is 21.7 Å². The fourth-order valence-electron chi connectivity index (χ4n) is 5.30. The Bertz CT molecular complexity index is 1440. The first kappa shape index (κ1) is 23.8. The maximum absolute atomic E-state index is 13.3. The molecule has 1 fully saturated rings. The Balaban J connectivity index is 1.29. The summed E-state index contributed by atoms with van der Waals surface area (Å²) < 4.78 is 11.5. The lowest BCUT2D eigenvalue weighted by Crippen LogP contribution is -2.57. The van der Waals surface area contributed by atoms with E-state index >= 15 is 0 Å². The zero-order valence-corrected chi connectivity index (χ0v) is 21.2. The Morgan fingerprint density at radius 1 is 1.18 bits per heavy atom. The second-order valence-corrected chi connectivity index (χ2v) is 9.97. The minimum atomic E-state index is -1.53. The molecule has 0 radical (unpaired) electrons. The first-order valence-corrected chi connectivity index (χ1v) is 12.3. The van der Waals surface area contributed by atoms with Crippen LogP contribution in [0.15, 0.2) is 66.6 Å². The van der Waals surface area contributed by atoms with Gasteiger partial charge in [0.25, 0.3) is 11.8 Å². The number of nitrogens with one attached hydrogen (secondary N) is 2. The number of carbonyl (C=O) groups excluding carboxylic acids is 3. The molecule has 10 heteroatoms. The highest BCUT2D eigenvalue weighted by atomic mass is 16.5. The quantitative estimate of drug-likeness (QED) is 0.570. The molecule has 1 aromatic heterocycles. The highest BCUT2D eigenvalue weighted by molar-refractivity contribution is 6.09. The molecular formula is C28H27N5O5. The van der Waals surface area contributed by atoms with E-state index in [0.29, 0.717) is 23.6 Å². The van der Waals surface area contributed by atoms with Crippen LogP contribution in [-0.2, 0) is 16.1 Å². The number of carbonyl (C=O) groups is 3. The number of hydrogen-bond acceptors (Lipinski definition) is 7. The molecule has 1 aliphatic carbocycles. The first-order chi connectivity index (χ1) is 18.3. The van der Waals surface area contributed by atoms with Gasteiger partial charge in [-0.25, -0.2) is 9.78 Å². The Labute approximate surface area is 219 Å². The summed E-state index contributed by atoms with van der Waals surface area (Å²) in [5, 5.41) is 5.08. The van der Waals surface area contributed by atoms with Crippen molar-refractivity contribution in [2.24, 2.45) is 5.92 Å². The maximum Gasteiger partial charge on any atom is 0.322 e. The Morgan fingerprint density at radius 2 is 2.03 bits per heavy atom. The van der Waals surface area contributed by atoms with Gasteiger partial charge >= 0.3 is 6.03 Å². The molecule has 0 bridgehead atoms. The van der Waals surface area contributed by atoms with Gasteiger partial charge in [-0.05, 0) is 53.1 Å². The molecule has 4 amide bonds. The molecule has 194 valence electrons. The third kappa shape index (κ3) is 3.80. The van der Waals surface area contributed by atoms with E-state index in [-0.39, 0.29) is 24.5 Å². The summed E-state index contributed by atoms with van der Waals surface area (Å²) >= 11 is 0. The van der Waals surface area contributed by atoms with E-state index in [0.717, 1.165) is 22.5 Å². The number of benzene rings is 1. The van der Waals surface area contributed by atoms with Crippen molar-refractivity contribution < 1.29 is 23.9 Å². The van der Waals surface area contributed by atoms with Crippen LogP contribution in [-0.4, -0.2) is 67.1 Å². The summed E-state index contributed by atoms with van der Waals surface area (Å²) in [4.78, 5) is 46.8. The second kappa shape index (κ2) is 8.76. The molecule has 2 N–H and O–H groups in total. The zero-order valence-electron chi connectivity index (χ0n) is 21.2. The van der Waals surface area contributed by atoms with Crippen molar-refractivity contribution in [2.45, 2.75) is 18.2 Å². The normalized spacial score (nSPS) is 25.2. The minimum absolute atomic E-state index is 0.0676. The summed E-state index contributed by atoms with van der Waals surface area (Å²) in [6.45, 7) is 0.241. The predicted octanol–water partition coefficient (Wildman–Crippen LogP) is 2.24. The molecule has 0 saturated carbocycles. The number of rotatable bonds is 6. The molecule has 1 aromatic carbocycles. The van der Waals surface area contributed by atoms with Crippen molar-refractivity contribution in [3.05, 3.63) is 83.3 Å². The summed E-state index contributed by atoms with van der Waals surface area (Å²) in [7, 11) is 5.42. The van der Waals surface area contributed by atoms with Gasteiger partial charge in [0, 0.05) is 38.3 Å². The molecule has 4 heterocycles. The average molecular weight is 514 g/mol. The lowest BCUT2D eigenvalue weighted by atomic mass is 9.90. The van der Waals surface area contributed by atoms with Gasteiger partial charge in [0.2, 0.25) is 0 Å². The Morgan fingerprint density at radius 3 is 2.71 bits per heavy atom. The van der Waals surface area contributed by atoms with Gasteiger partial charge in [0.15, 0.2) is 5.54 Å². The van der Waals surface area contributed by atoms with E-state index in [1.54, 1.807) is 24.1 Å². The molecular weight excluding hydrogens is 486 g/mol. The van der Waals surface area contributed by atoms with Gasteiger partial charge in [-0.1, -0.05) is 18.2 Å². The summed E-state index contributed by atoms with van der Waals surface area (Å²) in [5.74, 6) is 0.814. The number of urea groups is 1. The molecule has 3 aliphatic heterocycles. The van der Waals surface area contributed by atoms with Crippen LogP contribution in [0.1, 0.15) is 21.5 Å². The molecule has 10 nitrogen and oxygen atoms in total. The number of ether oxygens (including phenoxy) is 2. The number of imide groups is 1. The maximum atomic E-state index is 13.3. The molecule has 38 heavy (non-hydrogen) atoms. The van der Waals surface area contributed by atoms with Crippen molar-refractivity contribution in [1.29, 1.82) is 0 Å². The fourth-order valence-corrected chi connectivity index (χ4v) is 5.30. The lowest BCUT2D eigenvalue weighted by Gasteiger charge is -2.32. The number of fused-ring (bicyclic) bond motifs is 2. The van der Waals surface area contributed by atoms with Gasteiger partial charge in [-0.15, -0.1) is 0 Å². The van der Waals surface area contributed by atoms with E-state index in [1.165, 1.54) is 0 Å². The molecule has 3 unspecified atom stereocenters. The second-order valence-electron chi connectivity index (χ2n) is 9.97. The molecule has 2 aromatic rings. The highest BCUT2D eigenvalue weighted by Crippen LogP contribution is 2.39. The fraction of sp³-hybridized carbons (Fsp3) is 0.286. The van der Waals surface area contributed by atoms with Crippen molar-refractivity contribution in [2.75, 3.05) is 32.6 Å². The molecule has 6 rings (SSSR count). The van der Waals surface area contributed by atoms with E-state index in [1.807, 2.05) is 61.6 Å². The average Bonchev–Trinajstić information content (AvgIpc) is 3.57. The highest BCUT2D eigenvalue weighted by Gasteiger charge is 2.55. The molecule has 3 atom stereocenters. The topological polar surface area (TPSA) is 113 Å². The molecule has 1 saturated heterocycles. The van der Waals surface area contributed by atoms with Crippen molar-refractivity contribution in [3.63, 3.8) is 0 Å². The number of allylic oxidation sites excluding steroid dienone is 2. The van der Waals surface area contributed by atoms with Crippen molar-refractivity contribution in [1.82, 2.24) is 20.5 Å². The minimum Gasteiger partial charge on any atom is -0.497 e. The van der Waals surface area contributed by atoms with Crippen LogP contribution in [0.4, 0.5) is 10.6 Å². The predicted molar refractivity (Wildman–Crippen MR) is 139 cm³/mol. The smallest absolute Gasteiger partial charge is 0.322 e. The Kier molecular flexibility index (Phi) is 5.48. The third-order valence-corrected chi connectivity index (χ3v) is 7.35. The number of amides is 4. The SMILES string of the molecule is COc1ccc2c(c1)C(=O)N(CC1(C3=CC4C=C(c5ccc(N(C)C)nc5)C=CC4O3)NC(=O)NC1=O)C2. The molecule has 0 spiro atoms.